The highest BCUT2D eigenvalue weighted by atomic mass is 19.4. The van der Waals surface area contributed by atoms with Crippen molar-refractivity contribution in [1.82, 2.24) is 30.0 Å². The van der Waals surface area contributed by atoms with Gasteiger partial charge in [-0.2, -0.15) is 26.3 Å². The summed E-state index contributed by atoms with van der Waals surface area (Å²) >= 11 is 0. The molecule has 0 fully saturated rings. The smallest absolute Gasteiger partial charge is 0.416 e. The minimum absolute atomic E-state index is 0.000129. The Hall–Kier alpha value is -5.14. The van der Waals surface area contributed by atoms with E-state index in [0.29, 0.717) is 11.1 Å². The highest BCUT2D eigenvalue weighted by Gasteiger charge is 2.33. The van der Waals surface area contributed by atoms with Gasteiger partial charge in [-0.3, -0.25) is 0 Å². The molecule has 304 valence electrons. The van der Waals surface area contributed by atoms with Crippen LogP contribution in [0.4, 0.5) is 26.3 Å². The van der Waals surface area contributed by atoms with E-state index in [4.69, 9.17) is 0 Å². The summed E-state index contributed by atoms with van der Waals surface area (Å²) < 4.78 is 81.5. The molecule has 0 aliphatic rings. The Kier molecular flexibility index (Phi) is 11.4. The normalized spacial score (nSPS) is 13.0. The van der Waals surface area contributed by atoms with Crippen LogP contribution in [0.5, 0.6) is 11.5 Å². The molecule has 0 radical (unpaired) electrons. The zero-order valence-corrected chi connectivity index (χ0v) is 33.0. The molecule has 0 spiro atoms. The van der Waals surface area contributed by atoms with Crippen LogP contribution in [0.2, 0.25) is 0 Å². The number of fused-ring (bicyclic) bond motifs is 2. The molecule has 0 saturated carbocycles. The van der Waals surface area contributed by atoms with Crippen molar-refractivity contribution in [3.8, 4) is 22.9 Å². The number of hydrogen-bond donors (Lipinski definition) is 2. The van der Waals surface area contributed by atoms with E-state index in [1.807, 2.05) is 12.1 Å². The van der Waals surface area contributed by atoms with E-state index < -0.39 is 34.3 Å². The number of aromatic nitrogens is 6. The van der Waals surface area contributed by atoms with Crippen LogP contribution < -0.4 is 0 Å². The first-order chi connectivity index (χ1) is 26.7. The number of alkyl halides is 6. The van der Waals surface area contributed by atoms with Crippen molar-refractivity contribution in [2.75, 3.05) is 0 Å². The van der Waals surface area contributed by atoms with Crippen molar-refractivity contribution in [3.05, 3.63) is 94.0 Å². The monoisotopic (exact) mass is 794 g/mol. The van der Waals surface area contributed by atoms with Gasteiger partial charge < -0.3 is 10.2 Å². The van der Waals surface area contributed by atoms with Gasteiger partial charge in [0.1, 0.15) is 44.9 Å². The third-order valence-electron chi connectivity index (χ3n) is 10.9. The molecule has 0 amide bonds. The van der Waals surface area contributed by atoms with E-state index in [1.54, 1.807) is 12.1 Å². The molecule has 2 heterocycles. The van der Waals surface area contributed by atoms with Gasteiger partial charge in [0.05, 0.1) is 11.1 Å². The minimum atomic E-state index is -4.58. The molecule has 2 aromatic heterocycles. The molecule has 8 nitrogen and oxygen atoms in total. The zero-order chi connectivity index (χ0) is 41.5. The quantitative estimate of drug-likeness (QED) is 0.0841. The van der Waals surface area contributed by atoms with E-state index in [9.17, 15) is 36.6 Å². The number of rotatable bonds is 14. The summed E-state index contributed by atoms with van der Waals surface area (Å²) in [5.41, 5.74) is 0.628. The topological polar surface area (TPSA) is 102 Å². The minimum Gasteiger partial charge on any atom is -0.505 e. The predicted octanol–water partition coefficient (Wildman–Crippen LogP) is 11.9. The maximum Gasteiger partial charge on any atom is 0.416 e. The van der Waals surface area contributed by atoms with E-state index in [2.05, 4.69) is 61.9 Å². The lowest BCUT2D eigenvalue weighted by molar-refractivity contribution is -0.138. The second-order valence-electron chi connectivity index (χ2n) is 16.2. The largest absolute Gasteiger partial charge is 0.505 e. The van der Waals surface area contributed by atoms with E-state index >= 15 is 0 Å². The standard InChI is InChI=1S/C43H48F6N6O2/c1-7-9-11-17-40(3,4)30-20-26(38(56)36(24-30)54-50-32-15-13-28(42(44,45)46)22-34(32)52-54)19-27-21-31(41(5,6)18-12-10-8-2)25-37(39(27)57)55-51-33-16-14-29(43(47,48)49)23-35(33)53-55/h13-16,20-25,56-57H,7-12,17-19H2,1-6H3. The van der Waals surface area contributed by atoms with Crippen molar-refractivity contribution in [3.63, 3.8) is 0 Å². The lowest BCUT2D eigenvalue weighted by Gasteiger charge is -2.28. The fourth-order valence-electron chi connectivity index (χ4n) is 7.24. The predicted molar refractivity (Wildman–Crippen MR) is 208 cm³/mol. The fourth-order valence-corrected chi connectivity index (χ4v) is 7.24. The summed E-state index contributed by atoms with van der Waals surface area (Å²) in [6.07, 6.45) is -1.62. The van der Waals surface area contributed by atoms with Crippen molar-refractivity contribution in [2.45, 2.75) is 123 Å². The average Bonchev–Trinajstić information content (AvgIpc) is 3.76. The highest BCUT2D eigenvalue weighted by Crippen LogP contribution is 2.42. The van der Waals surface area contributed by atoms with Crippen LogP contribution in [0.25, 0.3) is 33.4 Å². The van der Waals surface area contributed by atoms with Gasteiger partial charge in [0.25, 0.3) is 0 Å². The number of phenolic OH excluding ortho intramolecular Hbond substituents is 2. The third-order valence-corrected chi connectivity index (χ3v) is 10.9. The molecule has 0 unspecified atom stereocenters. The molecule has 0 saturated heterocycles. The Morgan fingerprint density at radius 1 is 0.491 bits per heavy atom. The SMILES string of the molecule is CCCCCC(C)(C)c1cc(Cc2cc(C(C)(C)CCCCC)cc(-n3nc4ccc(C(F)(F)F)cc4n3)c2O)c(O)c(-n2nc3ccc(C(F)(F)F)cc3n2)c1. The Morgan fingerprint density at radius 3 is 1.21 bits per heavy atom. The van der Waals surface area contributed by atoms with E-state index in [0.717, 1.165) is 96.4 Å². The first-order valence-corrected chi connectivity index (χ1v) is 19.3. The number of nitrogens with zero attached hydrogens (tertiary/aromatic N) is 6. The Morgan fingerprint density at radius 2 is 0.860 bits per heavy atom. The molecular weight excluding hydrogens is 747 g/mol. The van der Waals surface area contributed by atoms with Gasteiger partial charge in [-0.15, -0.1) is 30.0 Å². The van der Waals surface area contributed by atoms with Gasteiger partial charge in [-0.05, 0) is 83.3 Å². The van der Waals surface area contributed by atoms with Crippen molar-refractivity contribution in [2.24, 2.45) is 0 Å². The van der Waals surface area contributed by atoms with Crippen LogP contribution in [-0.2, 0) is 29.6 Å². The molecule has 0 aliphatic carbocycles. The summed E-state index contributed by atoms with van der Waals surface area (Å²) in [4.78, 5) is 2.28. The van der Waals surface area contributed by atoms with Crippen LogP contribution in [-0.4, -0.2) is 40.2 Å². The number of halogens is 6. The van der Waals surface area contributed by atoms with Gasteiger partial charge in [-0.1, -0.05) is 92.2 Å². The van der Waals surface area contributed by atoms with Gasteiger partial charge in [-0.25, -0.2) is 0 Å². The summed E-state index contributed by atoms with van der Waals surface area (Å²) in [6, 6.07) is 13.4. The second kappa shape index (κ2) is 15.7. The van der Waals surface area contributed by atoms with Crippen molar-refractivity contribution >= 4 is 22.1 Å². The first kappa shape index (κ1) is 41.5. The maximum absolute atomic E-state index is 13.6. The third kappa shape index (κ3) is 8.89. The summed E-state index contributed by atoms with van der Waals surface area (Å²) in [5, 5.41) is 41.6. The molecule has 14 heteroatoms. The van der Waals surface area contributed by atoms with Crippen molar-refractivity contribution < 1.29 is 36.6 Å². The van der Waals surface area contributed by atoms with E-state index in [-0.39, 0.29) is 51.4 Å². The summed E-state index contributed by atoms with van der Waals surface area (Å²) in [6.45, 7) is 12.6. The number of aromatic hydroxyl groups is 2. The van der Waals surface area contributed by atoms with Gasteiger partial charge in [0.2, 0.25) is 0 Å². The van der Waals surface area contributed by atoms with Gasteiger partial charge >= 0.3 is 12.4 Å². The molecule has 0 bridgehead atoms. The number of unbranched alkanes of at least 4 members (excludes halogenated alkanes) is 4. The second-order valence-corrected chi connectivity index (χ2v) is 16.2. The molecule has 4 aromatic carbocycles. The molecule has 57 heavy (non-hydrogen) atoms. The number of phenols is 2. The molecule has 6 aromatic rings. The van der Waals surface area contributed by atoms with Crippen molar-refractivity contribution in [1.29, 1.82) is 0 Å². The van der Waals surface area contributed by atoms with Crippen LogP contribution in [0, 0.1) is 0 Å². The fraction of sp³-hybridized carbons (Fsp3) is 0.442. The molecule has 0 aliphatic heterocycles. The molecule has 2 N–H and O–H groups in total. The lowest BCUT2D eigenvalue weighted by atomic mass is 9.77. The Balaban J connectivity index is 1.52. The maximum atomic E-state index is 13.6. The van der Waals surface area contributed by atoms with Crippen LogP contribution >= 0.6 is 0 Å². The van der Waals surface area contributed by atoms with Crippen LogP contribution in [0.1, 0.15) is 126 Å². The Labute approximate surface area is 327 Å². The zero-order valence-electron chi connectivity index (χ0n) is 33.0. The van der Waals surface area contributed by atoms with Crippen LogP contribution in [0.3, 0.4) is 0 Å². The first-order valence-electron chi connectivity index (χ1n) is 19.3. The number of hydrogen-bond acceptors (Lipinski definition) is 6. The number of benzene rings is 4. The lowest BCUT2D eigenvalue weighted by Crippen LogP contribution is -2.19. The summed E-state index contributed by atoms with van der Waals surface area (Å²) in [7, 11) is 0. The van der Waals surface area contributed by atoms with Crippen LogP contribution in [0.15, 0.2) is 60.7 Å². The van der Waals surface area contributed by atoms with Gasteiger partial charge in [0.15, 0.2) is 0 Å². The molecule has 6 rings (SSSR count). The summed E-state index contributed by atoms with van der Waals surface area (Å²) in [5.74, 6) is -0.452. The molecular formula is C43H48F6N6O2. The average molecular weight is 795 g/mol. The van der Waals surface area contributed by atoms with E-state index in [1.165, 1.54) is 12.1 Å². The Bertz CT molecular complexity index is 2230. The van der Waals surface area contributed by atoms with Gasteiger partial charge in [0, 0.05) is 17.5 Å². The molecule has 0 atom stereocenters. The highest BCUT2D eigenvalue weighted by molar-refractivity contribution is 5.76.